The molecule has 152 valence electrons. The molecule has 1 saturated heterocycles. The molecule has 0 unspecified atom stereocenters. The first-order chi connectivity index (χ1) is 13.8. The molecular weight excluding hydrogens is 392 g/mol. The average Bonchev–Trinajstić information content (AvgIpc) is 3.03. The largest absolute Gasteiger partial charge is 0.336 e. The Morgan fingerprint density at radius 2 is 1.76 bits per heavy atom. The number of halogens is 1. The lowest BCUT2D eigenvalue weighted by Gasteiger charge is -2.17. The molecule has 0 bridgehead atoms. The van der Waals surface area contributed by atoms with E-state index in [1.807, 2.05) is 13.8 Å². The topological polar surface area (TPSA) is 90.5 Å². The number of anilines is 3. The lowest BCUT2D eigenvalue weighted by molar-refractivity contribution is -0.122. The molecule has 0 aromatic heterocycles. The van der Waals surface area contributed by atoms with Gasteiger partial charge in [0.1, 0.15) is 0 Å². The number of nitrogens with one attached hydrogen (secondary N) is 3. The van der Waals surface area contributed by atoms with Crippen LogP contribution in [0.3, 0.4) is 0 Å². The highest BCUT2D eigenvalue weighted by molar-refractivity contribution is 6.31. The fraction of sp³-hybridized carbons (Fsp3) is 0.286. The molecule has 0 radical (unpaired) electrons. The average molecular weight is 415 g/mol. The second-order valence-corrected chi connectivity index (χ2v) is 7.64. The van der Waals surface area contributed by atoms with E-state index in [1.165, 1.54) is 0 Å². The van der Waals surface area contributed by atoms with Gasteiger partial charge >= 0.3 is 6.03 Å². The molecule has 1 aliphatic heterocycles. The van der Waals surface area contributed by atoms with E-state index in [4.69, 9.17) is 11.6 Å². The second-order valence-electron chi connectivity index (χ2n) is 7.21. The number of amides is 4. The molecule has 4 amide bonds. The molecule has 29 heavy (non-hydrogen) atoms. The summed E-state index contributed by atoms with van der Waals surface area (Å²) in [5, 5.41) is 8.82. The van der Waals surface area contributed by atoms with Crippen molar-refractivity contribution in [1.29, 1.82) is 0 Å². The highest BCUT2D eigenvalue weighted by Crippen LogP contribution is 2.28. The van der Waals surface area contributed by atoms with Gasteiger partial charge in [0.15, 0.2) is 0 Å². The standard InChI is InChI=1S/C21H23ClN4O3/c1-13(2)23-21(29)25-17-7-4-6-16(11-17)24-20(28)14-9-19(27)26(12-14)18-8-3-5-15(22)10-18/h3-8,10-11,13-14H,9,12H2,1-2H3,(H,24,28)(H2,23,25,29)/t14-/m0/s1. The molecule has 3 rings (SSSR count). The minimum Gasteiger partial charge on any atom is -0.336 e. The predicted molar refractivity (Wildman–Crippen MR) is 114 cm³/mol. The Morgan fingerprint density at radius 1 is 1.07 bits per heavy atom. The maximum atomic E-state index is 12.7. The first kappa shape index (κ1) is 20.7. The van der Waals surface area contributed by atoms with Crippen LogP contribution in [0.1, 0.15) is 20.3 Å². The predicted octanol–water partition coefficient (Wildman–Crippen LogP) is 3.86. The van der Waals surface area contributed by atoms with Gasteiger partial charge in [-0.05, 0) is 50.2 Å². The van der Waals surface area contributed by atoms with E-state index in [9.17, 15) is 14.4 Å². The maximum Gasteiger partial charge on any atom is 0.319 e. The molecule has 8 heteroatoms. The Morgan fingerprint density at radius 3 is 2.45 bits per heavy atom. The van der Waals surface area contributed by atoms with Crippen LogP contribution in [0.4, 0.5) is 21.9 Å². The van der Waals surface area contributed by atoms with Gasteiger partial charge in [-0.3, -0.25) is 9.59 Å². The summed E-state index contributed by atoms with van der Waals surface area (Å²) < 4.78 is 0. The van der Waals surface area contributed by atoms with Gasteiger partial charge in [-0.2, -0.15) is 0 Å². The quantitative estimate of drug-likeness (QED) is 0.693. The highest BCUT2D eigenvalue weighted by Gasteiger charge is 2.35. The van der Waals surface area contributed by atoms with Gasteiger partial charge in [0, 0.05) is 41.1 Å². The van der Waals surface area contributed by atoms with Crippen molar-refractivity contribution in [1.82, 2.24) is 5.32 Å². The number of benzene rings is 2. The van der Waals surface area contributed by atoms with Crippen LogP contribution < -0.4 is 20.9 Å². The Hall–Kier alpha value is -3.06. The molecule has 7 nitrogen and oxygen atoms in total. The van der Waals surface area contributed by atoms with Crippen molar-refractivity contribution in [3.63, 3.8) is 0 Å². The van der Waals surface area contributed by atoms with E-state index in [-0.39, 0.29) is 30.3 Å². The molecule has 1 aliphatic rings. The Labute approximate surface area is 174 Å². The van der Waals surface area contributed by atoms with Crippen molar-refractivity contribution in [3.8, 4) is 0 Å². The number of hydrogen-bond donors (Lipinski definition) is 3. The smallest absolute Gasteiger partial charge is 0.319 e. The normalized spacial score (nSPS) is 16.1. The van der Waals surface area contributed by atoms with Gasteiger partial charge in [0.25, 0.3) is 0 Å². The van der Waals surface area contributed by atoms with Gasteiger partial charge in [0.05, 0.1) is 5.92 Å². The van der Waals surface area contributed by atoms with Crippen molar-refractivity contribution in [2.45, 2.75) is 26.3 Å². The zero-order valence-corrected chi connectivity index (χ0v) is 17.0. The van der Waals surface area contributed by atoms with Crippen LogP contribution in [-0.2, 0) is 9.59 Å². The third kappa shape index (κ3) is 5.48. The zero-order valence-electron chi connectivity index (χ0n) is 16.2. The zero-order chi connectivity index (χ0) is 21.0. The van der Waals surface area contributed by atoms with E-state index in [0.717, 1.165) is 0 Å². The van der Waals surface area contributed by atoms with Crippen molar-refractivity contribution < 1.29 is 14.4 Å². The number of hydrogen-bond acceptors (Lipinski definition) is 3. The minimum atomic E-state index is -0.470. The van der Waals surface area contributed by atoms with Gasteiger partial charge in [-0.25, -0.2) is 4.79 Å². The number of urea groups is 1. The molecule has 2 aromatic carbocycles. The second kappa shape index (κ2) is 8.96. The molecule has 0 aliphatic carbocycles. The summed E-state index contributed by atoms with van der Waals surface area (Å²) in [6.07, 6.45) is 0.132. The third-order valence-electron chi connectivity index (χ3n) is 4.42. The summed E-state index contributed by atoms with van der Waals surface area (Å²) >= 11 is 6.00. The van der Waals surface area contributed by atoms with Crippen LogP contribution in [0.2, 0.25) is 5.02 Å². The van der Waals surface area contributed by atoms with Gasteiger partial charge in [-0.15, -0.1) is 0 Å². The van der Waals surface area contributed by atoms with Crippen LogP contribution in [0.15, 0.2) is 48.5 Å². The number of rotatable bonds is 5. The molecule has 1 atom stereocenters. The minimum absolute atomic E-state index is 0.0141. The Balaban J connectivity index is 1.63. The number of nitrogens with zero attached hydrogens (tertiary/aromatic N) is 1. The molecule has 1 heterocycles. The lowest BCUT2D eigenvalue weighted by Crippen LogP contribution is -2.34. The molecule has 0 saturated carbocycles. The van der Waals surface area contributed by atoms with Gasteiger partial charge < -0.3 is 20.9 Å². The van der Waals surface area contributed by atoms with Crippen LogP contribution in [0.5, 0.6) is 0 Å². The van der Waals surface area contributed by atoms with E-state index in [1.54, 1.807) is 53.4 Å². The monoisotopic (exact) mass is 414 g/mol. The summed E-state index contributed by atoms with van der Waals surface area (Å²) in [6, 6.07) is 13.6. The summed E-state index contributed by atoms with van der Waals surface area (Å²) in [4.78, 5) is 38.4. The highest BCUT2D eigenvalue weighted by atomic mass is 35.5. The van der Waals surface area contributed by atoms with Crippen LogP contribution in [-0.4, -0.2) is 30.4 Å². The van der Waals surface area contributed by atoms with Gasteiger partial charge in [-0.1, -0.05) is 23.7 Å². The van der Waals surface area contributed by atoms with E-state index < -0.39 is 5.92 Å². The first-order valence-corrected chi connectivity index (χ1v) is 9.74. The van der Waals surface area contributed by atoms with Crippen molar-refractivity contribution in [2.24, 2.45) is 5.92 Å². The fourth-order valence-corrected chi connectivity index (χ4v) is 3.31. The van der Waals surface area contributed by atoms with Crippen molar-refractivity contribution in [2.75, 3.05) is 22.1 Å². The molecule has 3 N–H and O–H groups in total. The summed E-state index contributed by atoms with van der Waals surface area (Å²) in [7, 11) is 0. The van der Waals surface area contributed by atoms with Crippen LogP contribution in [0, 0.1) is 5.92 Å². The van der Waals surface area contributed by atoms with Gasteiger partial charge in [0.2, 0.25) is 11.8 Å². The SMILES string of the molecule is CC(C)NC(=O)Nc1cccc(NC(=O)[C@H]2CC(=O)N(c3cccc(Cl)c3)C2)c1. The van der Waals surface area contributed by atoms with E-state index >= 15 is 0 Å². The van der Waals surface area contributed by atoms with E-state index in [2.05, 4.69) is 16.0 Å². The molecule has 1 fully saturated rings. The number of carbonyl (C=O) groups excluding carboxylic acids is 3. The Bertz CT molecular complexity index is 932. The first-order valence-electron chi connectivity index (χ1n) is 9.36. The third-order valence-corrected chi connectivity index (χ3v) is 4.66. The molecule has 0 spiro atoms. The lowest BCUT2D eigenvalue weighted by atomic mass is 10.1. The summed E-state index contributed by atoms with van der Waals surface area (Å²) in [6.45, 7) is 4.03. The van der Waals surface area contributed by atoms with Crippen LogP contribution in [0.25, 0.3) is 0 Å². The summed E-state index contributed by atoms with van der Waals surface area (Å²) in [5.74, 6) is -0.831. The Kier molecular flexibility index (Phi) is 6.39. The molecule has 2 aromatic rings. The van der Waals surface area contributed by atoms with Crippen molar-refractivity contribution >= 4 is 46.5 Å². The summed E-state index contributed by atoms with van der Waals surface area (Å²) in [5.41, 5.74) is 1.79. The fourth-order valence-electron chi connectivity index (χ4n) is 3.13. The molecular formula is C21H23ClN4O3. The maximum absolute atomic E-state index is 12.7. The number of carbonyl (C=O) groups is 3. The van der Waals surface area contributed by atoms with Crippen molar-refractivity contribution in [3.05, 3.63) is 53.6 Å². The van der Waals surface area contributed by atoms with E-state index in [0.29, 0.717) is 28.6 Å². The van der Waals surface area contributed by atoms with Crippen LogP contribution >= 0.6 is 11.6 Å².